The maximum atomic E-state index is 12.1. The number of nitriles is 1. The van der Waals surface area contributed by atoms with Crippen molar-refractivity contribution in [2.75, 3.05) is 0 Å². The highest BCUT2D eigenvalue weighted by atomic mass is 16.5. The van der Waals surface area contributed by atoms with Crippen molar-refractivity contribution in [2.45, 2.75) is 44.9 Å². The van der Waals surface area contributed by atoms with Crippen LogP contribution in [0.3, 0.4) is 0 Å². The molecule has 124 valence electrons. The fourth-order valence-corrected chi connectivity index (χ4v) is 4.39. The first kappa shape index (κ1) is 15.1. The normalized spacial score (nSPS) is 29.0. The summed E-state index contributed by atoms with van der Waals surface area (Å²) in [6.45, 7) is 3.93. The topological polar surface area (TPSA) is 97.6 Å². The zero-order chi connectivity index (χ0) is 17.1. The summed E-state index contributed by atoms with van der Waals surface area (Å²) in [4.78, 5) is 16.5. The molecule has 4 rings (SSSR count). The van der Waals surface area contributed by atoms with Gasteiger partial charge in [-0.15, -0.1) is 0 Å². The van der Waals surface area contributed by atoms with Crippen molar-refractivity contribution >= 4 is 5.78 Å². The number of ketones is 1. The maximum absolute atomic E-state index is 12.1. The smallest absolute Gasteiger partial charge is 0.276 e. The predicted octanol–water partition coefficient (Wildman–Crippen LogP) is 2.10. The van der Waals surface area contributed by atoms with Crippen LogP contribution >= 0.6 is 0 Å². The van der Waals surface area contributed by atoms with Crippen molar-refractivity contribution < 1.29 is 9.32 Å². The van der Waals surface area contributed by atoms with Crippen molar-refractivity contribution in [3.63, 3.8) is 0 Å². The molecule has 0 N–H and O–H groups in total. The molecule has 0 aromatic carbocycles. The zero-order valence-corrected chi connectivity index (χ0v) is 14.0. The third kappa shape index (κ3) is 1.95. The zero-order valence-electron chi connectivity index (χ0n) is 14.0. The van der Waals surface area contributed by atoms with Crippen LogP contribution < -0.4 is 0 Å². The van der Waals surface area contributed by atoms with Crippen LogP contribution in [0.2, 0.25) is 0 Å². The number of rotatable bonds is 1. The molecule has 0 amide bonds. The molecular weight excluding hydrogens is 306 g/mol. The van der Waals surface area contributed by atoms with Crippen LogP contribution in [0.15, 0.2) is 4.52 Å². The van der Waals surface area contributed by atoms with Gasteiger partial charge in [-0.3, -0.25) is 9.48 Å². The molecule has 24 heavy (non-hydrogen) atoms. The van der Waals surface area contributed by atoms with E-state index >= 15 is 0 Å². The minimum absolute atomic E-state index is 0.0760. The lowest BCUT2D eigenvalue weighted by molar-refractivity contribution is -0.126. The lowest BCUT2D eigenvalue weighted by atomic mass is 9.57. The molecule has 3 atom stereocenters. The van der Waals surface area contributed by atoms with Gasteiger partial charge in [0.05, 0.1) is 11.8 Å². The van der Waals surface area contributed by atoms with E-state index in [0.717, 1.165) is 29.8 Å². The number of fused-ring (bicyclic) bond motifs is 3. The van der Waals surface area contributed by atoms with Crippen LogP contribution in [0, 0.1) is 30.1 Å². The van der Waals surface area contributed by atoms with Crippen molar-refractivity contribution in [1.82, 2.24) is 19.9 Å². The van der Waals surface area contributed by atoms with E-state index in [2.05, 4.69) is 23.1 Å². The Kier molecular flexibility index (Phi) is 3.14. The Morgan fingerprint density at radius 1 is 1.46 bits per heavy atom. The van der Waals surface area contributed by atoms with Crippen LogP contribution in [0.25, 0.3) is 11.6 Å². The van der Waals surface area contributed by atoms with E-state index in [-0.39, 0.29) is 17.1 Å². The van der Waals surface area contributed by atoms with Crippen LogP contribution in [-0.2, 0) is 23.7 Å². The van der Waals surface area contributed by atoms with Gasteiger partial charge in [0.1, 0.15) is 17.4 Å². The lowest BCUT2D eigenvalue weighted by Gasteiger charge is -2.44. The molecule has 0 radical (unpaired) electrons. The Morgan fingerprint density at radius 3 is 2.92 bits per heavy atom. The van der Waals surface area contributed by atoms with Crippen LogP contribution in [0.5, 0.6) is 0 Å². The van der Waals surface area contributed by atoms with E-state index < -0.39 is 5.92 Å². The Bertz CT molecular complexity index is 874. The van der Waals surface area contributed by atoms with Crippen LogP contribution in [-0.4, -0.2) is 25.7 Å². The molecule has 2 unspecified atom stereocenters. The molecule has 0 spiro atoms. The monoisotopic (exact) mass is 325 g/mol. The summed E-state index contributed by atoms with van der Waals surface area (Å²) in [6.07, 6.45) is 2.77. The van der Waals surface area contributed by atoms with Gasteiger partial charge in [-0.05, 0) is 32.1 Å². The number of aromatic nitrogens is 4. The Morgan fingerprint density at radius 2 is 2.25 bits per heavy atom. The number of aryl methyl sites for hydroxylation is 2. The van der Waals surface area contributed by atoms with E-state index in [4.69, 9.17) is 9.62 Å². The number of hydrogen-bond acceptors (Lipinski definition) is 6. The standard InChI is InChI=1S/C17H19N5O2/c1-9-19-16(24-21-9)14-12-5-4-11-6-13(23)10(8-18)7-17(11,2)15(12)20-22(14)3/h10-11H,4-7H2,1-3H3/t10?,11-,17?/m0/s1. The van der Waals surface area contributed by atoms with Gasteiger partial charge < -0.3 is 4.52 Å². The Hall–Kier alpha value is -2.49. The molecule has 2 aromatic heterocycles. The van der Waals surface area contributed by atoms with Crippen molar-refractivity contribution in [2.24, 2.45) is 18.9 Å². The molecule has 2 aromatic rings. The van der Waals surface area contributed by atoms with Gasteiger partial charge >= 0.3 is 0 Å². The van der Waals surface area contributed by atoms with Gasteiger partial charge in [0.2, 0.25) is 0 Å². The first-order chi connectivity index (χ1) is 11.4. The molecule has 1 fully saturated rings. The second-order valence-electron chi connectivity index (χ2n) is 7.16. The number of carbonyl (C=O) groups is 1. The average Bonchev–Trinajstić information content (AvgIpc) is 3.10. The number of nitrogens with zero attached hydrogens (tertiary/aromatic N) is 5. The summed E-state index contributed by atoms with van der Waals surface area (Å²) in [7, 11) is 1.88. The maximum Gasteiger partial charge on any atom is 0.276 e. The highest BCUT2D eigenvalue weighted by Gasteiger charge is 2.50. The first-order valence-electron chi connectivity index (χ1n) is 8.23. The third-order valence-electron chi connectivity index (χ3n) is 5.68. The molecule has 7 heteroatoms. The average molecular weight is 325 g/mol. The summed E-state index contributed by atoms with van der Waals surface area (Å²) < 4.78 is 7.15. The van der Waals surface area contributed by atoms with E-state index in [1.807, 2.05) is 7.05 Å². The number of Topliss-reactive ketones (excluding diaryl/α,β-unsaturated/α-hetero) is 1. The minimum Gasteiger partial charge on any atom is -0.332 e. The Balaban J connectivity index is 1.84. The molecular formula is C17H19N5O2. The summed E-state index contributed by atoms with van der Waals surface area (Å²) in [5.74, 6) is 0.858. The van der Waals surface area contributed by atoms with Gasteiger partial charge in [0, 0.05) is 24.4 Å². The molecule has 2 aliphatic carbocycles. The van der Waals surface area contributed by atoms with Crippen molar-refractivity contribution in [3.8, 4) is 17.7 Å². The number of carbonyl (C=O) groups excluding carboxylic acids is 1. The fourth-order valence-electron chi connectivity index (χ4n) is 4.39. The van der Waals surface area contributed by atoms with Crippen molar-refractivity contribution in [1.29, 1.82) is 5.26 Å². The van der Waals surface area contributed by atoms with E-state index in [1.165, 1.54) is 0 Å². The SMILES string of the molecule is Cc1noc(-c2c3c(nn2C)C2(C)CC(C#N)C(=O)C[C@@H]2CC3)n1. The van der Waals surface area contributed by atoms with E-state index in [0.29, 0.717) is 24.6 Å². The van der Waals surface area contributed by atoms with Gasteiger partial charge in [0.15, 0.2) is 5.82 Å². The molecule has 2 heterocycles. The second kappa shape index (κ2) is 5.00. The summed E-state index contributed by atoms with van der Waals surface area (Å²) in [5.41, 5.74) is 2.70. The van der Waals surface area contributed by atoms with Crippen LogP contribution in [0.4, 0.5) is 0 Å². The molecule has 7 nitrogen and oxygen atoms in total. The minimum atomic E-state index is -0.534. The first-order valence-corrected chi connectivity index (χ1v) is 8.23. The quantitative estimate of drug-likeness (QED) is 0.796. The molecule has 0 saturated heterocycles. The molecule has 0 aliphatic heterocycles. The van der Waals surface area contributed by atoms with Gasteiger partial charge in [0.25, 0.3) is 5.89 Å². The Labute approximate surface area is 139 Å². The summed E-state index contributed by atoms with van der Waals surface area (Å²) in [6, 6.07) is 2.17. The summed E-state index contributed by atoms with van der Waals surface area (Å²) >= 11 is 0. The molecule has 0 bridgehead atoms. The molecule has 1 saturated carbocycles. The lowest BCUT2D eigenvalue weighted by Crippen LogP contribution is -2.45. The highest BCUT2D eigenvalue weighted by molar-refractivity contribution is 5.85. The van der Waals surface area contributed by atoms with Gasteiger partial charge in [-0.1, -0.05) is 12.1 Å². The van der Waals surface area contributed by atoms with Gasteiger partial charge in [-0.2, -0.15) is 15.3 Å². The molecule has 2 aliphatic rings. The van der Waals surface area contributed by atoms with Gasteiger partial charge in [-0.25, -0.2) is 0 Å². The van der Waals surface area contributed by atoms with Crippen LogP contribution in [0.1, 0.15) is 43.3 Å². The second-order valence-corrected chi connectivity index (χ2v) is 7.16. The fraction of sp³-hybridized carbons (Fsp3) is 0.588. The van der Waals surface area contributed by atoms with Crippen molar-refractivity contribution in [3.05, 3.63) is 17.1 Å². The summed E-state index contributed by atoms with van der Waals surface area (Å²) in [5, 5.41) is 18.0. The largest absolute Gasteiger partial charge is 0.332 e. The predicted molar refractivity (Wildman–Crippen MR) is 83.7 cm³/mol. The third-order valence-corrected chi connectivity index (χ3v) is 5.68. The number of hydrogen-bond donors (Lipinski definition) is 0. The highest BCUT2D eigenvalue weighted by Crippen LogP contribution is 2.51. The van der Waals surface area contributed by atoms with E-state index in [9.17, 15) is 10.1 Å². The van der Waals surface area contributed by atoms with E-state index in [1.54, 1.807) is 11.6 Å².